The fraction of sp³-hybridized carbons (Fsp3) is 0.562. The maximum atomic E-state index is 12.9. The van der Waals surface area contributed by atoms with Gasteiger partial charge in [0, 0.05) is 19.0 Å². The van der Waals surface area contributed by atoms with Gasteiger partial charge < -0.3 is 10.2 Å². The number of halogens is 2. The lowest BCUT2D eigenvalue weighted by molar-refractivity contribution is -0.133. The Morgan fingerprint density at radius 1 is 1.24 bits per heavy atom. The number of carbonyl (C=O) groups is 1. The van der Waals surface area contributed by atoms with E-state index in [-0.39, 0.29) is 24.1 Å². The van der Waals surface area contributed by atoms with Crippen LogP contribution in [-0.2, 0) is 11.3 Å². The van der Waals surface area contributed by atoms with Crippen LogP contribution in [0.25, 0.3) is 0 Å². The van der Waals surface area contributed by atoms with Crippen LogP contribution >= 0.6 is 12.4 Å². The summed E-state index contributed by atoms with van der Waals surface area (Å²) in [5, 5.41) is 3.30. The van der Waals surface area contributed by atoms with Gasteiger partial charge in [-0.25, -0.2) is 4.39 Å². The summed E-state index contributed by atoms with van der Waals surface area (Å²) in [6, 6.07) is 6.88. The number of hydrogen-bond donors (Lipinski definition) is 1. The van der Waals surface area contributed by atoms with Crippen LogP contribution in [0.2, 0.25) is 0 Å². The Balaban J connectivity index is 0.00000161. The molecule has 0 bridgehead atoms. The summed E-state index contributed by atoms with van der Waals surface area (Å²) < 4.78 is 12.9. The summed E-state index contributed by atoms with van der Waals surface area (Å²) in [4.78, 5) is 14.5. The Morgan fingerprint density at radius 2 is 1.95 bits per heavy atom. The summed E-state index contributed by atoms with van der Waals surface area (Å²) in [6.07, 6.45) is 3.96. The van der Waals surface area contributed by atoms with Crippen LogP contribution in [-0.4, -0.2) is 29.9 Å². The molecular formula is C16H22ClFN2O. The first-order valence-electron chi connectivity index (χ1n) is 7.47. The van der Waals surface area contributed by atoms with E-state index in [0.29, 0.717) is 24.9 Å². The molecule has 0 aromatic heterocycles. The molecule has 2 aliphatic rings. The Bertz CT molecular complexity index is 470. The Hall–Kier alpha value is -1.13. The molecule has 1 heterocycles. The molecule has 1 aliphatic carbocycles. The van der Waals surface area contributed by atoms with Gasteiger partial charge in [0.05, 0.1) is 0 Å². The van der Waals surface area contributed by atoms with Crippen LogP contribution in [0, 0.1) is 11.7 Å². The third-order valence-electron chi connectivity index (χ3n) is 4.20. The molecule has 1 atom stereocenters. The zero-order valence-electron chi connectivity index (χ0n) is 12.1. The van der Waals surface area contributed by atoms with Crippen molar-refractivity contribution < 1.29 is 9.18 Å². The van der Waals surface area contributed by atoms with Gasteiger partial charge in [0.25, 0.3) is 0 Å². The molecule has 3 rings (SSSR count). The van der Waals surface area contributed by atoms with Gasteiger partial charge in [-0.15, -0.1) is 12.4 Å². The molecule has 1 saturated heterocycles. The average molecular weight is 313 g/mol. The second-order valence-electron chi connectivity index (χ2n) is 5.94. The molecule has 1 amide bonds. The van der Waals surface area contributed by atoms with Crippen LogP contribution in [0.4, 0.5) is 4.39 Å². The lowest BCUT2D eigenvalue weighted by Crippen LogP contribution is -2.34. The molecule has 1 aromatic carbocycles. The van der Waals surface area contributed by atoms with E-state index < -0.39 is 0 Å². The number of nitrogens with zero attached hydrogens (tertiary/aromatic N) is 1. The number of rotatable bonds is 5. The summed E-state index contributed by atoms with van der Waals surface area (Å²) in [5.41, 5.74) is 1.01. The Kier molecular flexibility index (Phi) is 5.59. The van der Waals surface area contributed by atoms with Crippen LogP contribution in [0.15, 0.2) is 24.3 Å². The lowest BCUT2D eigenvalue weighted by atomic mass is 10.0. The normalized spacial score (nSPS) is 20.9. The fourth-order valence-corrected chi connectivity index (χ4v) is 2.85. The first-order valence-corrected chi connectivity index (χ1v) is 7.47. The maximum Gasteiger partial charge on any atom is 0.223 e. The van der Waals surface area contributed by atoms with Gasteiger partial charge >= 0.3 is 0 Å². The first-order chi connectivity index (χ1) is 9.72. The van der Waals surface area contributed by atoms with E-state index >= 15 is 0 Å². The van der Waals surface area contributed by atoms with Crippen molar-refractivity contribution in [2.75, 3.05) is 13.1 Å². The van der Waals surface area contributed by atoms with E-state index in [4.69, 9.17) is 0 Å². The van der Waals surface area contributed by atoms with E-state index in [1.807, 2.05) is 4.90 Å². The number of nitrogens with one attached hydrogen (secondary N) is 1. The van der Waals surface area contributed by atoms with Crippen molar-refractivity contribution in [3.8, 4) is 0 Å². The second kappa shape index (κ2) is 7.23. The minimum atomic E-state index is -0.227. The third-order valence-corrected chi connectivity index (χ3v) is 4.20. The molecular weight excluding hydrogens is 291 g/mol. The van der Waals surface area contributed by atoms with Gasteiger partial charge in [-0.1, -0.05) is 12.1 Å². The van der Waals surface area contributed by atoms with E-state index in [1.165, 1.54) is 12.1 Å². The molecule has 5 heteroatoms. The van der Waals surface area contributed by atoms with Gasteiger partial charge in [0.1, 0.15) is 5.82 Å². The van der Waals surface area contributed by atoms with Crippen molar-refractivity contribution in [2.24, 2.45) is 5.92 Å². The minimum absolute atomic E-state index is 0. The molecule has 116 valence electrons. The molecule has 1 saturated carbocycles. The van der Waals surface area contributed by atoms with Crippen molar-refractivity contribution in [1.82, 2.24) is 10.2 Å². The summed E-state index contributed by atoms with van der Waals surface area (Å²) in [5.74, 6) is 0.512. The number of amides is 1. The number of carbonyl (C=O) groups excluding carboxylic acids is 1. The average Bonchev–Trinajstić information content (AvgIpc) is 3.15. The highest BCUT2D eigenvalue weighted by Crippen LogP contribution is 2.30. The standard InChI is InChI=1S/C16H21FN2O.ClH/c17-14-3-1-12(2-4-14)11-19(15-5-6-15)16(20)9-13-7-8-18-10-13;/h1-4,13,15,18H,5-11H2;1H. The summed E-state index contributed by atoms with van der Waals surface area (Å²) in [7, 11) is 0. The summed E-state index contributed by atoms with van der Waals surface area (Å²) >= 11 is 0. The van der Waals surface area contributed by atoms with E-state index in [1.54, 1.807) is 12.1 Å². The molecule has 0 radical (unpaired) electrons. The largest absolute Gasteiger partial charge is 0.335 e. The maximum absolute atomic E-state index is 12.9. The zero-order chi connectivity index (χ0) is 13.9. The molecule has 3 nitrogen and oxygen atoms in total. The monoisotopic (exact) mass is 312 g/mol. The van der Waals surface area contributed by atoms with Gasteiger partial charge in [0.2, 0.25) is 5.91 Å². The third kappa shape index (κ3) is 4.42. The number of benzene rings is 1. The molecule has 1 aliphatic heterocycles. The predicted octanol–water partition coefficient (Wildman–Crippen LogP) is 2.74. The highest BCUT2D eigenvalue weighted by molar-refractivity contribution is 5.85. The van der Waals surface area contributed by atoms with Crippen LogP contribution in [0.3, 0.4) is 0 Å². The molecule has 1 aromatic rings. The van der Waals surface area contributed by atoms with Gasteiger partial charge in [0.15, 0.2) is 0 Å². The first kappa shape index (κ1) is 16.2. The lowest BCUT2D eigenvalue weighted by Gasteiger charge is -2.24. The SMILES string of the molecule is Cl.O=C(CC1CCNC1)N(Cc1ccc(F)cc1)C1CC1. The van der Waals surface area contributed by atoms with E-state index in [0.717, 1.165) is 37.9 Å². The predicted molar refractivity (Wildman–Crippen MR) is 82.8 cm³/mol. The van der Waals surface area contributed by atoms with E-state index in [2.05, 4.69) is 5.32 Å². The highest BCUT2D eigenvalue weighted by atomic mass is 35.5. The topological polar surface area (TPSA) is 32.3 Å². The van der Waals surface area contributed by atoms with Crippen LogP contribution < -0.4 is 5.32 Å². The van der Waals surface area contributed by atoms with Crippen molar-refractivity contribution in [3.05, 3.63) is 35.6 Å². The minimum Gasteiger partial charge on any atom is -0.335 e. The zero-order valence-corrected chi connectivity index (χ0v) is 12.9. The molecule has 0 spiro atoms. The molecule has 21 heavy (non-hydrogen) atoms. The van der Waals surface area contributed by atoms with Crippen molar-refractivity contribution in [1.29, 1.82) is 0 Å². The van der Waals surface area contributed by atoms with Crippen LogP contribution in [0.1, 0.15) is 31.2 Å². The van der Waals surface area contributed by atoms with E-state index in [9.17, 15) is 9.18 Å². The highest BCUT2D eigenvalue weighted by Gasteiger charge is 2.33. The fourth-order valence-electron chi connectivity index (χ4n) is 2.85. The number of hydrogen-bond acceptors (Lipinski definition) is 2. The quantitative estimate of drug-likeness (QED) is 0.906. The van der Waals surface area contributed by atoms with Gasteiger partial charge in [-0.3, -0.25) is 4.79 Å². The Morgan fingerprint density at radius 3 is 2.52 bits per heavy atom. The second-order valence-corrected chi connectivity index (χ2v) is 5.94. The molecule has 1 N–H and O–H groups in total. The Labute approximate surface area is 131 Å². The van der Waals surface area contributed by atoms with Crippen molar-refractivity contribution in [2.45, 2.75) is 38.3 Å². The van der Waals surface area contributed by atoms with Crippen molar-refractivity contribution >= 4 is 18.3 Å². The smallest absolute Gasteiger partial charge is 0.223 e. The molecule has 1 unspecified atom stereocenters. The van der Waals surface area contributed by atoms with Gasteiger partial charge in [-0.2, -0.15) is 0 Å². The summed E-state index contributed by atoms with van der Waals surface area (Å²) in [6.45, 7) is 2.60. The van der Waals surface area contributed by atoms with Gasteiger partial charge in [-0.05, 0) is 56.0 Å². The van der Waals surface area contributed by atoms with Crippen LogP contribution in [0.5, 0.6) is 0 Å². The molecule has 2 fully saturated rings. The van der Waals surface area contributed by atoms with Crippen molar-refractivity contribution in [3.63, 3.8) is 0 Å².